The number of nitrogens with zero attached hydrogens (tertiary/aromatic N) is 3. The Bertz CT molecular complexity index is 925. The van der Waals surface area contributed by atoms with E-state index in [1.807, 2.05) is 13.0 Å². The number of aryl methyl sites for hydroxylation is 1. The Balaban J connectivity index is 1.99. The fourth-order valence-corrected chi connectivity index (χ4v) is 3.17. The van der Waals surface area contributed by atoms with Gasteiger partial charge in [0, 0.05) is 29.2 Å². The lowest BCUT2D eigenvalue weighted by Gasteiger charge is -2.12. The molecule has 0 aliphatic carbocycles. The van der Waals surface area contributed by atoms with Gasteiger partial charge >= 0.3 is 0 Å². The molecular formula is C19H17Cl2N3O. The SMILES string of the molecule is Cc1nc(-c2ccc(-c3cnc(Cl)cc3Cl)cn2)c(O)cc1C(C)C. The molecule has 3 rings (SSSR count). The lowest BCUT2D eigenvalue weighted by atomic mass is 10.0. The third kappa shape index (κ3) is 3.60. The normalized spacial score (nSPS) is 11.1. The van der Waals surface area contributed by atoms with E-state index in [9.17, 15) is 5.11 Å². The van der Waals surface area contributed by atoms with E-state index in [0.29, 0.717) is 27.5 Å². The quantitative estimate of drug-likeness (QED) is 0.602. The zero-order chi connectivity index (χ0) is 18.1. The van der Waals surface area contributed by atoms with Gasteiger partial charge in [-0.05, 0) is 36.6 Å². The minimum absolute atomic E-state index is 0.126. The molecule has 25 heavy (non-hydrogen) atoms. The second kappa shape index (κ2) is 6.98. The van der Waals surface area contributed by atoms with Gasteiger partial charge in [-0.1, -0.05) is 43.1 Å². The first-order valence-corrected chi connectivity index (χ1v) is 8.60. The molecule has 0 radical (unpaired) electrons. The summed E-state index contributed by atoms with van der Waals surface area (Å²) in [6.45, 7) is 6.08. The van der Waals surface area contributed by atoms with E-state index < -0.39 is 0 Å². The smallest absolute Gasteiger partial charge is 0.143 e. The topological polar surface area (TPSA) is 58.9 Å². The van der Waals surface area contributed by atoms with Crippen molar-refractivity contribution < 1.29 is 5.11 Å². The van der Waals surface area contributed by atoms with Gasteiger partial charge in [-0.3, -0.25) is 4.98 Å². The molecule has 0 atom stereocenters. The summed E-state index contributed by atoms with van der Waals surface area (Å²) in [5, 5.41) is 11.2. The molecule has 0 aliphatic heterocycles. The third-order valence-electron chi connectivity index (χ3n) is 3.99. The van der Waals surface area contributed by atoms with Crippen LogP contribution in [-0.4, -0.2) is 20.1 Å². The van der Waals surface area contributed by atoms with E-state index in [-0.39, 0.29) is 5.75 Å². The zero-order valence-corrected chi connectivity index (χ0v) is 15.6. The molecule has 1 N–H and O–H groups in total. The third-order valence-corrected chi connectivity index (χ3v) is 4.51. The maximum absolute atomic E-state index is 10.3. The standard InChI is InChI=1S/C19H17Cl2N3O/c1-10(2)13-6-17(25)19(24-11(13)3)16-5-4-12(8-22-16)14-9-23-18(21)7-15(14)20/h4-10,25H,1-3H3. The lowest BCUT2D eigenvalue weighted by molar-refractivity contribution is 0.473. The highest BCUT2D eigenvalue weighted by Gasteiger charge is 2.14. The molecule has 0 amide bonds. The molecule has 0 aliphatic rings. The van der Waals surface area contributed by atoms with Crippen LogP contribution in [0.15, 0.2) is 36.7 Å². The molecule has 3 aromatic rings. The molecule has 0 bridgehead atoms. The van der Waals surface area contributed by atoms with Gasteiger partial charge in [0.25, 0.3) is 0 Å². The number of halogens is 2. The van der Waals surface area contributed by atoms with Crippen molar-refractivity contribution in [3.05, 3.63) is 58.1 Å². The molecule has 6 heteroatoms. The second-order valence-corrected chi connectivity index (χ2v) is 6.90. The Morgan fingerprint density at radius 1 is 1.04 bits per heavy atom. The van der Waals surface area contributed by atoms with Crippen molar-refractivity contribution in [3.63, 3.8) is 0 Å². The fraction of sp³-hybridized carbons (Fsp3) is 0.211. The van der Waals surface area contributed by atoms with E-state index in [1.165, 1.54) is 0 Å². The predicted molar refractivity (Wildman–Crippen MR) is 101 cm³/mol. The molecule has 3 heterocycles. The molecule has 0 aromatic carbocycles. The van der Waals surface area contributed by atoms with Crippen LogP contribution >= 0.6 is 23.2 Å². The molecule has 0 saturated carbocycles. The largest absolute Gasteiger partial charge is 0.506 e. The van der Waals surface area contributed by atoms with Gasteiger partial charge in [0.1, 0.15) is 16.6 Å². The van der Waals surface area contributed by atoms with Crippen molar-refractivity contribution >= 4 is 23.2 Å². The number of hydrogen-bond donors (Lipinski definition) is 1. The van der Waals surface area contributed by atoms with Crippen LogP contribution in [-0.2, 0) is 0 Å². The van der Waals surface area contributed by atoms with E-state index in [0.717, 1.165) is 22.4 Å². The first kappa shape index (κ1) is 17.6. The fourth-order valence-electron chi connectivity index (χ4n) is 2.70. The van der Waals surface area contributed by atoms with Crippen LogP contribution in [0.1, 0.15) is 31.0 Å². The Morgan fingerprint density at radius 3 is 2.40 bits per heavy atom. The minimum atomic E-state index is 0.126. The molecule has 0 unspecified atom stereocenters. The highest BCUT2D eigenvalue weighted by molar-refractivity contribution is 6.35. The highest BCUT2D eigenvalue weighted by atomic mass is 35.5. The maximum atomic E-state index is 10.3. The van der Waals surface area contributed by atoms with E-state index >= 15 is 0 Å². The Kier molecular flexibility index (Phi) is 4.93. The van der Waals surface area contributed by atoms with Crippen LogP contribution < -0.4 is 0 Å². The maximum Gasteiger partial charge on any atom is 0.143 e. The molecule has 3 aromatic heterocycles. The first-order chi connectivity index (χ1) is 11.9. The summed E-state index contributed by atoms with van der Waals surface area (Å²) in [5.41, 5.74) is 4.53. The average Bonchev–Trinajstić information content (AvgIpc) is 2.57. The summed E-state index contributed by atoms with van der Waals surface area (Å²) in [6.07, 6.45) is 3.29. The molecular weight excluding hydrogens is 357 g/mol. The van der Waals surface area contributed by atoms with Crippen LogP contribution in [0.2, 0.25) is 10.2 Å². The summed E-state index contributed by atoms with van der Waals surface area (Å²) in [6, 6.07) is 7.02. The first-order valence-electron chi connectivity index (χ1n) is 7.85. The molecule has 0 spiro atoms. The molecule has 4 nitrogen and oxygen atoms in total. The van der Waals surface area contributed by atoms with Crippen molar-refractivity contribution in [1.29, 1.82) is 0 Å². The number of aromatic hydroxyl groups is 1. The monoisotopic (exact) mass is 373 g/mol. The number of pyridine rings is 3. The summed E-state index contributed by atoms with van der Waals surface area (Å²) >= 11 is 12.0. The average molecular weight is 374 g/mol. The Labute approximate surface area is 156 Å². The second-order valence-electron chi connectivity index (χ2n) is 6.10. The van der Waals surface area contributed by atoms with Crippen molar-refractivity contribution in [1.82, 2.24) is 15.0 Å². The summed E-state index contributed by atoms with van der Waals surface area (Å²) in [7, 11) is 0. The van der Waals surface area contributed by atoms with Crippen molar-refractivity contribution in [2.45, 2.75) is 26.7 Å². The van der Waals surface area contributed by atoms with E-state index in [2.05, 4.69) is 28.8 Å². The van der Waals surface area contributed by atoms with Crippen LogP contribution in [0.4, 0.5) is 0 Å². The van der Waals surface area contributed by atoms with Crippen LogP contribution in [0.5, 0.6) is 5.75 Å². The van der Waals surface area contributed by atoms with Gasteiger partial charge in [0.2, 0.25) is 0 Å². The highest BCUT2D eigenvalue weighted by Crippen LogP contribution is 2.33. The number of hydrogen-bond acceptors (Lipinski definition) is 4. The van der Waals surface area contributed by atoms with Crippen molar-refractivity contribution in [2.24, 2.45) is 0 Å². The van der Waals surface area contributed by atoms with Crippen molar-refractivity contribution in [2.75, 3.05) is 0 Å². The van der Waals surface area contributed by atoms with E-state index in [1.54, 1.807) is 30.6 Å². The Morgan fingerprint density at radius 2 is 1.80 bits per heavy atom. The van der Waals surface area contributed by atoms with Crippen LogP contribution in [0, 0.1) is 6.92 Å². The molecule has 128 valence electrons. The van der Waals surface area contributed by atoms with Gasteiger partial charge in [-0.15, -0.1) is 0 Å². The summed E-state index contributed by atoms with van der Waals surface area (Å²) < 4.78 is 0. The summed E-state index contributed by atoms with van der Waals surface area (Å²) in [4.78, 5) is 13.0. The zero-order valence-electron chi connectivity index (χ0n) is 14.1. The Hall–Kier alpha value is -2.17. The minimum Gasteiger partial charge on any atom is -0.506 e. The van der Waals surface area contributed by atoms with Gasteiger partial charge in [-0.2, -0.15) is 0 Å². The van der Waals surface area contributed by atoms with Gasteiger partial charge in [0.15, 0.2) is 0 Å². The number of rotatable bonds is 3. The van der Waals surface area contributed by atoms with Crippen molar-refractivity contribution in [3.8, 4) is 28.3 Å². The lowest BCUT2D eigenvalue weighted by Crippen LogP contribution is -1.98. The van der Waals surface area contributed by atoms with E-state index in [4.69, 9.17) is 23.2 Å². The van der Waals surface area contributed by atoms with Crippen LogP contribution in [0.3, 0.4) is 0 Å². The van der Waals surface area contributed by atoms with Gasteiger partial charge in [0.05, 0.1) is 10.7 Å². The number of aromatic nitrogens is 3. The van der Waals surface area contributed by atoms with Gasteiger partial charge < -0.3 is 5.11 Å². The summed E-state index contributed by atoms with van der Waals surface area (Å²) in [5.74, 6) is 0.420. The molecule has 0 fully saturated rings. The van der Waals surface area contributed by atoms with Crippen LogP contribution in [0.25, 0.3) is 22.5 Å². The molecule has 0 saturated heterocycles. The predicted octanol–water partition coefficient (Wildman–Crippen LogP) is 5.65. The van der Waals surface area contributed by atoms with Gasteiger partial charge in [-0.25, -0.2) is 9.97 Å².